The number of benzene rings is 3. The minimum atomic E-state index is -3.49. The predicted octanol–water partition coefficient (Wildman–Crippen LogP) is 3.75. The van der Waals surface area contributed by atoms with Gasteiger partial charge in [-0.3, -0.25) is 4.79 Å². The van der Waals surface area contributed by atoms with E-state index in [4.69, 9.17) is 4.74 Å². The van der Waals surface area contributed by atoms with E-state index < -0.39 is 10.0 Å². The Morgan fingerprint density at radius 1 is 0.966 bits per heavy atom. The van der Waals surface area contributed by atoms with Gasteiger partial charge in [-0.2, -0.15) is 0 Å². The van der Waals surface area contributed by atoms with Gasteiger partial charge in [0.25, 0.3) is 0 Å². The Hall–Kier alpha value is -3.16. The minimum Gasteiger partial charge on any atom is -0.497 e. The Morgan fingerprint density at radius 2 is 1.62 bits per heavy atom. The van der Waals surface area contributed by atoms with Crippen LogP contribution in [0.15, 0.2) is 71.6 Å². The first kappa shape index (κ1) is 20.6. The second-order valence-electron chi connectivity index (χ2n) is 6.61. The fourth-order valence-corrected chi connectivity index (χ4v) is 3.65. The molecule has 1 amide bonds. The predicted molar refractivity (Wildman–Crippen MR) is 115 cm³/mol. The standard InChI is InChI=1S/C22H22N2O4S/c1-24(2)29(26,27)21-11-8-19(9-12-21)23-22(25)13-5-16-4-6-18-15-20(28-3)10-7-17(18)14-16/h4-15H,1-3H3,(H,23,25)/b13-5+. The molecule has 7 heteroatoms. The summed E-state index contributed by atoms with van der Waals surface area (Å²) in [7, 11) is 1.08. The summed E-state index contributed by atoms with van der Waals surface area (Å²) in [5.41, 5.74) is 1.41. The number of fused-ring (bicyclic) bond motifs is 1. The SMILES string of the molecule is COc1ccc2cc(/C=C/C(=O)Nc3ccc(S(=O)(=O)N(C)C)cc3)ccc2c1. The third kappa shape index (κ3) is 4.82. The number of methoxy groups -OCH3 is 1. The van der Waals surface area contributed by atoms with Crippen LogP contribution in [0.25, 0.3) is 16.8 Å². The van der Waals surface area contributed by atoms with Gasteiger partial charge >= 0.3 is 0 Å². The highest BCUT2D eigenvalue weighted by atomic mass is 32.2. The van der Waals surface area contributed by atoms with Crippen LogP contribution in [0.3, 0.4) is 0 Å². The van der Waals surface area contributed by atoms with E-state index in [9.17, 15) is 13.2 Å². The van der Waals surface area contributed by atoms with Crippen molar-refractivity contribution in [1.29, 1.82) is 0 Å². The average Bonchev–Trinajstić information content (AvgIpc) is 2.72. The molecule has 0 aliphatic heterocycles. The Labute approximate surface area is 170 Å². The first-order chi connectivity index (χ1) is 13.8. The molecule has 3 aromatic rings. The number of hydrogen-bond donors (Lipinski definition) is 1. The zero-order chi connectivity index (χ0) is 21.0. The lowest BCUT2D eigenvalue weighted by molar-refractivity contribution is -0.111. The molecule has 0 saturated heterocycles. The van der Waals surface area contributed by atoms with Crippen LogP contribution in [0.4, 0.5) is 5.69 Å². The number of carbonyl (C=O) groups is 1. The number of anilines is 1. The summed E-state index contributed by atoms with van der Waals surface area (Å²) < 4.78 is 30.5. The van der Waals surface area contributed by atoms with Crippen molar-refractivity contribution in [3.8, 4) is 5.75 Å². The van der Waals surface area contributed by atoms with Crippen molar-refractivity contribution in [1.82, 2.24) is 4.31 Å². The summed E-state index contributed by atoms with van der Waals surface area (Å²) in [6.45, 7) is 0. The van der Waals surface area contributed by atoms with Crippen molar-refractivity contribution in [3.05, 3.63) is 72.3 Å². The first-order valence-corrected chi connectivity index (χ1v) is 10.3. The number of ether oxygens (including phenoxy) is 1. The van der Waals surface area contributed by atoms with Crippen molar-refractivity contribution in [2.24, 2.45) is 0 Å². The van der Waals surface area contributed by atoms with Crippen LogP contribution in [0.1, 0.15) is 5.56 Å². The quantitative estimate of drug-likeness (QED) is 0.628. The number of nitrogens with one attached hydrogen (secondary N) is 1. The van der Waals surface area contributed by atoms with Crippen LogP contribution in [0.5, 0.6) is 5.75 Å². The molecule has 0 bridgehead atoms. The number of hydrogen-bond acceptors (Lipinski definition) is 4. The number of sulfonamides is 1. The topological polar surface area (TPSA) is 75.7 Å². The highest BCUT2D eigenvalue weighted by Crippen LogP contribution is 2.22. The van der Waals surface area contributed by atoms with Crippen LogP contribution in [-0.4, -0.2) is 39.8 Å². The molecule has 0 aliphatic carbocycles. The van der Waals surface area contributed by atoms with Gasteiger partial charge in [-0.25, -0.2) is 12.7 Å². The zero-order valence-electron chi connectivity index (χ0n) is 16.4. The summed E-state index contributed by atoms with van der Waals surface area (Å²) in [5, 5.41) is 4.82. The lowest BCUT2D eigenvalue weighted by Gasteiger charge is -2.11. The van der Waals surface area contributed by atoms with Gasteiger partial charge in [-0.1, -0.05) is 18.2 Å². The van der Waals surface area contributed by atoms with Crippen molar-refractivity contribution in [3.63, 3.8) is 0 Å². The van der Waals surface area contributed by atoms with Gasteiger partial charge in [-0.05, 0) is 64.9 Å². The fourth-order valence-electron chi connectivity index (χ4n) is 2.75. The van der Waals surface area contributed by atoms with Gasteiger partial charge in [0.15, 0.2) is 0 Å². The molecule has 0 heterocycles. The maximum absolute atomic E-state index is 12.2. The molecule has 0 fully saturated rings. The molecule has 150 valence electrons. The maximum atomic E-state index is 12.2. The van der Waals surface area contributed by atoms with Crippen molar-refractivity contribution >= 4 is 38.5 Å². The number of rotatable bonds is 6. The highest BCUT2D eigenvalue weighted by Gasteiger charge is 2.16. The van der Waals surface area contributed by atoms with E-state index in [0.717, 1.165) is 26.4 Å². The zero-order valence-corrected chi connectivity index (χ0v) is 17.2. The molecule has 3 rings (SSSR count). The largest absolute Gasteiger partial charge is 0.497 e. The molecule has 29 heavy (non-hydrogen) atoms. The van der Waals surface area contributed by atoms with Gasteiger partial charge in [0, 0.05) is 25.9 Å². The molecule has 0 aliphatic rings. The monoisotopic (exact) mass is 410 g/mol. The molecule has 0 spiro atoms. The number of carbonyl (C=O) groups excluding carboxylic acids is 1. The van der Waals surface area contributed by atoms with Crippen LogP contribution in [0.2, 0.25) is 0 Å². The van der Waals surface area contributed by atoms with E-state index in [2.05, 4.69) is 5.32 Å². The van der Waals surface area contributed by atoms with E-state index in [1.807, 2.05) is 36.4 Å². The van der Waals surface area contributed by atoms with Crippen LogP contribution in [-0.2, 0) is 14.8 Å². The second kappa shape index (κ2) is 8.46. The van der Waals surface area contributed by atoms with Crippen molar-refractivity contribution in [2.75, 3.05) is 26.5 Å². The van der Waals surface area contributed by atoms with Gasteiger partial charge in [-0.15, -0.1) is 0 Å². The van der Waals surface area contributed by atoms with Crippen LogP contribution in [0, 0.1) is 0 Å². The van der Waals surface area contributed by atoms with E-state index in [-0.39, 0.29) is 10.8 Å². The molecule has 0 aromatic heterocycles. The lowest BCUT2D eigenvalue weighted by Crippen LogP contribution is -2.22. The first-order valence-electron chi connectivity index (χ1n) is 8.89. The molecule has 0 radical (unpaired) electrons. The lowest BCUT2D eigenvalue weighted by atomic mass is 10.1. The summed E-state index contributed by atoms with van der Waals surface area (Å²) in [5.74, 6) is 0.493. The third-order valence-corrected chi connectivity index (χ3v) is 6.23. The summed E-state index contributed by atoms with van der Waals surface area (Å²) in [4.78, 5) is 12.4. The summed E-state index contributed by atoms with van der Waals surface area (Å²) in [6, 6.07) is 17.7. The Kier molecular flexibility index (Phi) is 6.00. The third-order valence-electron chi connectivity index (χ3n) is 4.40. The normalized spacial score (nSPS) is 11.9. The average molecular weight is 410 g/mol. The summed E-state index contributed by atoms with van der Waals surface area (Å²) >= 11 is 0. The Bertz CT molecular complexity index is 1170. The molecular weight excluding hydrogens is 388 g/mol. The Balaban J connectivity index is 1.69. The molecule has 1 N–H and O–H groups in total. The van der Waals surface area contributed by atoms with Crippen molar-refractivity contribution < 1.29 is 17.9 Å². The molecular formula is C22H22N2O4S. The van der Waals surface area contributed by atoms with E-state index in [1.54, 1.807) is 25.3 Å². The maximum Gasteiger partial charge on any atom is 0.248 e. The highest BCUT2D eigenvalue weighted by molar-refractivity contribution is 7.89. The molecule has 6 nitrogen and oxygen atoms in total. The number of nitrogens with zero attached hydrogens (tertiary/aromatic N) is 1. The van der Waals surface area contributed by atoms with E-state index in [1.165, 1.54) is 32.3 Å². The summed E-state index contributed by atoms with van der Waals surface area (Å²) in [6.07, 6.45) is 3.17. The second-order valence-corrected chi connectivity index (χ2v) is 8.76. The van der Waals surface area contributed by atoms with E-state index >= 15 is 0 Å². The molecule has 0 unspecified atom stereocenters. The van der Waals surface area contributed by atoms with Gasteiger partial charge in [0.2, 0.25) is 15.9 Å². The van der Waals surface area contributed by atoms with Crippen LogP contribution >= 0.6 is 0 Å². The van der Waals surface area contributed by atoms with Gasteiger partial charge in [0.05, 0.1) is 12.0 Å². The van der Waals surface area contributed by atoms with Gasteiger partial charge in [0.1, 0.15) is 5.75 Å². The molecule has 0 saturated carbocycles. The van der Waals surface area contributed by atoms with E-state index in [0.29, 0.717) is 5.69 Å². The minimum absolute atomic E-state index is 0.170. The number of amides is 1. The van der Waals surface area contributed by atoms with Crippen LogP contribution < -0.4 is 10.1 Å². The molecule has 0 atom stereocenters. The van der Waals surface area contributed by atoms with Crippen molar-refractivity contribution in [2.45, 2.75) is 4.90 Å². The Morgan fingerprint density at radius 3 is 2.28 bits per heavy atom. The fraction of sp³-hybridized carbons (Fsp3) is 0.136. The molecule has 3 aromatic carbocycles. The van der Waals surface area contributed by atoms with Gasteiger partial charge < -0.3 is 10.1 Å². The smallest absolute Gasteiger partial charge is 0.248 e.